The summed E-state index contributed by atoms with van der Waals surface area (Å²) in [5.41, 5.74) is 2.19. The Labute approximate surface area is 156 Å². The third-order valence-electron chi connectivity index (χ3n) is 4.03. The summed E-state index contributed by atoms with van der Waals surface area (Å²) in [6.07, 6.45) is 1.58. The van der Waals surface area contributed by atoms with E-state index in [0.29, 0.717) is 6.54 Å². The van der Waals surface area contributed by atoms with E-state index < -0.39 is 11.5 Å². The second kappa shape index (κ2) is 8.27. The molecule has 0 radical (unpaired) electrons. The van der Waals surface area contributed by atoms with E-state index in [1.165, 1.54) is 4.68 Å². The molecular formula is C20H21N4O3+. The van der Waals surface area contributed by atoms with Crippen LogP contribution in [0.25, 0.3) is 0 Å². The molecule has 7 nitrogen and oxygen atoms in total. The fraction of sp³-hybridized carbons (Fsp3) is 0.200. The molecule has 27 heavy (non-hydrogen) atoms. The average Bonchev–Trinajstić information content (AvgIpc) is 2.97. The predicted octanol–water partition coefficient (Wildman–Crippen LogP) is 1.88. The molecule has 0 aliphatic rings. The summed E-state index contributed by atoms with van der Waals surface area (Å²) in [6.45, 7) is 4.15. The molecule has 0 spiro atoms. The fourth-order valence-electron chi connectivity index (χ4n) is 2.63. The zero-order valence-corrected chi connectivity index (χ0v) is 15.3. The van der Waals surface area contributed by atoms with Crippen molar-refractivity contribution in [3.8, 4) is 0 Å². The van der Waals surface area contributed by atoms with Gasteiger partial charge in [0.15, 0.2) is 0 Å². The molecule has 3 rings (SSSR count). The highest BCUT2D eigenvalue weighted by atomic mass is 16.5. The highest BCUT2D eigenvalue weighted by Gasteiger charge is 2.29. The second-order valence-electron chi connectivity index (χ2n) is 5.96. The Kier molecular flexibility index (Phi) is 5.61. The van der Waals surface area contributed by atoms with Gasteiger partial charge in [-0.2, -0.15) is 0 Å². The van der Waals surface area contributed by atoms with Gasteiger partial charge in [0.2, 0.25) is 0 Å². The van der Waals surface area contributed by atoms with E-state index in [0.717, 1.165) is 21.5 Å². The first kappa shape index (κ1) is 18.3. The van der Waals surface area contributed by atoms with Gasteiger partial charge in [-0.05, 0) is 30.5 Å². The standard InChI is InChI=1S/C20H20N4O3/c1-3-27-20(26)18-19(25)24(21-13-17-12-8-7-9-15(17)2)22-23(18)14-16-10-5-4-6-11-16/h4-13H,3,14H2,1-2H3/p+1/b21-13-. The number of nitrogens with zero attached hydrogens (tertiary/aromatic N) is 3. The number of nitrogens with one attached hydrogen (secondary N) is 1. The van der Waals surface area contributed by atoms with Gasteiger partial charge in [0.1, 0.15) is 6.54 Å². The number of aryl methyl sites for hydroxylation is 1. The van der Waals surface area contributed by atoms with Crippen LogP contribution in [0.1, 0.15) is 34.1 Å². The van der Waals surface area contributed by atoms with Gasteiger partial charge in [-0.25, -0.2) is 9.59 Å². The van der Waals surface area contributed by atoms with Crippen molar-refractivity contribution in [1.82, 2.24) is 10.0 Å². The van der Waals surface area contributed by atoms with Crippen LogP contribution in [0.2, 0.25) is 0 Å². The molecule has 0 atom stereocenters. The number of esters is 1. The van der Waals surface area contributed by atoms with E-state index in [4.69, 9.17) is 4.74 Å². The summed E-state index contributed by atoms with van der Waals surface area (Å²) < 4.78 is 6.49. The first-order valence-electron chi connectivity index (χ1n) is 8.66. The van der Waals surface area contributed by atoms with Crippen LogP contribution in [0.15, 0.2) is 64.5 Å². The number of aromatic nitrogens is 3. The van der Waals surface area contributed by atoms with Crippen LogP contribution >= 0.6 is 0 Å². The van der Waals surface area contributed by atoms with Gasteiger partial charge in [0.05, 0.1) is 12.8 Å². The van der Waals surface area contributed by atoms with Crippen molar-refractivity contribution in [2.45, 2.75) is 20.4 Å². The Morgan fingerprint density at radius 2 is 1.89 bits per heavy atom. The van der Waals surface area contributed by atoms with Gasteiger partial charge in [-0.3, -0.25) is 0 Å². The normalized spacial score (nSPS) is 11.0. The van der Waals surface area contributed by atoms with Gasteiger partial charge < -0.3 is 4.74 Å². The molecule has 1 N–H and O–H groups in total. The lowest BCUT2D eigenvalue weighted by Gasteiger charge is -2.00. The van der Waals surface area contributed by atoms with Gasteiger partial charge in [0.25, 0.3) is 0 Å². The maximum atomic E-state index is 12.7. The van der Waals surface area contributed by atoms with Crippen molar-refractivity contribution in [2.24, 2.45) is 5.10 Å². The minimum Gasteiger partial charge on any atom is -0.459 e. The molecule has 1 aromatic heterocycles. The average molecular weight is 365 g/mol. The van der Waals surface area contributed by atoms with Crippen molar-refractivity contribution >= 4 is 12.2 Å². The van der Waals surface area contributed by atoms with Gasteiger partial charge >= 0.3 is 17.2 Å². The van der Waals surface area contributed by atoms with Crippen LogP contribution in [0.4, 0.5) is 0 Å². The minimum atomic E-state index is -0.681. The number of carbonyl (C=O) groups is 1. The van der Waals surface area contributed by atoms with E-state index in [1.54, 1.807) is 13.1 Å². The number of rotatable bonds is 6. The fourth-order valence-corrected chi connectivity index (χ4v) is 2.63. The van der Waals surface area contributed by atoms with E-state index in [1.807, 2.05) is 61.5 Å². The first-order chi connectivity index (χ1) is 13.1. The maximum Gasteiger partial charge on any atom is 0.434 e. The Morgan fingerprint density at radius 3 is 2.59 bits per heavy atom. The molecule has 0 bridgehead atoms. The zero-order valence-electron chi connectivity index (χ0n) is 15.3. The van der Waals surface area contributed by atoms with Gasteiger partial charge in [-0.15, -0.1) is 4.68 Å². The van der Waals surface area contributed by atoms with E-state index in [2.05, 4.69) is 10.3 Å². The molecule has 0 saturated carbocycles. The number of carbonyl (C=O) groups excluding carboxylic acids is 1. The predicted molar refractivity (Wildman–Crippen MR) is 101 cm³/mol. The first-order valence-corrected chi connectivity index (χ1v) is 8.66. The monoisotopic (exact) mass is 365 g/mol. The summed E-state index contributed by atoms with van der Waals surface area (Å²) in [4.78, 5) is 26.0. The molecular weight excluding hydrogens is 344 g/mol. The van der Waals surface area contributed by atoms with Crippen LogP contribution < -0.4 is 10.2 Å². The molecule has 0 aliphatic carbocycles. The number of hydrogen-bond donors (Lipinski definition) is 1. The summed E-state index contributed by atoms with van der Waals surface area (Å²) in [5, 5.41) is 7.05. The molecule has 7 heteroatoms. The molecule has 0 unspecified atom stereocenters. The van der Waals surface area contributed by atoms with Gasteiger partial charge in [0, 0.05) is 4.79 Å². The Morgan fingerprint density at radius 1 is 1.19 bits per heavy atom. The third kappa shape index (κ3) is 4.20. The zero-order chi connectivity index (χ0) is 19.2. The molecule has 138 valence electrons. The number of aromatic amines is 1. The molecule has 3 aromatic rings. The molecule has 0 aliphatic heterocycles. The smallest absolute Gasteiger partial charge is 0.434 e. The van der Waals surface area contributed by atoms with Crippen molar-refractivity contribution in [3.63, 3.8) is 0 Å². The lowest BCUT2D eigenvalue weighted by Crippen LogP contribution is -2.44. The van der Waals surface area contributed by atoms with E-state index in [9.17, 15) is 9.59 Å². The quantitative estimate of drug-likeness (QED) is 0.411. The molecule has 0 saturated heterocycles. The topological polar surface area (TPSA) is 80.3 Å². The Balaban J connectivity index is 2.00. The molecule has 1 heterocycles. The SMILES string of the molecule is CCOC(=O)c1c(=O)n(/N=C\c2ccccc2C)[nH][n+]1Cc1ccccc1. The van der Waals surface area contributed by atoms with Crippen LogP contribution in [-0.2, 0) is 11.3 Å². The molecule has 0 amide bonds. The Bertz CT molecular complexity index is 1020. The highest BCUT2D eigenvalue weighted by molar-refractivity contribution is 5.85. The van der Waals surface area contributed by atoms with Gasteiger partial charge in [-0.1, -0.05) is 64.9 Å². The van der Waals surface area contributed by atoms with Crippen molar-refractivity contribution in [2.75, 3.05) is 6.61 Å². The number of ether oxygens (including phenoxy) is 1. The lowest BCUT2D eigenvalue weighted by molar-refractivity contribution is -0.749. The van der Waals surface area contributed by atoms with Crippen molar-refractivity contribution in [1.29, 1.82) is 0 Å². The third-order valence-corrected chi connectivity index (χ3v) is 4.03. The van der Waals surface area contributed by atoms with Crippen molar-refractivity contribution in [3.05, 3.63) is 87.3 Å². The Hall–Kier alpha value is -3.48. The highest BCUT2D eigenvalue weighted by Crippen LogP contribution is 2.03. The van der Waals surface area contributed by atoms with Crippen LogP contribution in [0.5, 0.6) is 0 Å². The van der Waals surface area contributed by atoms with Crippen LogP contribution in [0.3, 0.4) is 0 Å². The number of H-pyrrole nitrogens is 1. The molecule has 2 aromatic carbocycles. The summed E-state index contributed by atoms with van der Waals surface area (Å²) >= 11 is 0. The summed E-state index contributed by atoms with van der Waals surface area (Å²) in [7, 11) is 0. The lowest BCUT2D eigenvalue weighted by atomic mass is 10.1. The second-order valence-corrected chi connectivity index (χ2v) is 5.96. The largest absolute Gasteiger partial charge is 0.459 e. The summed E-state index contributed by atoms with van der Waals surface area (Å²) in [6, 6.07) is 17.2. The number of benzene rings is 2. The maximum absolute atomic E-state index is 12.7. The van der Waals surface area contributed by atoms with E-state index >= 15 is 0 Å². The van der Waals surface area contributed by atoms with Crippen LogP contribution in [0, 0.1) is 6.92 Å². The van der Waals surface area contributed by atoms with Crippen molar-refractivity contribution < 1.29 is 14.2 Å². The number of hydrogen-bond acceptors (Lipinski definition) is 4. The van der Waals surface area contributed by atoms with E-state index in [-0.39, 0.29) is 12.3 Å². The summed E-state index contributed by atoms with van der Waals surface area (Å²) in [5.74, 6) is -0.681. The van der Waals surface area contributed by atoms with Crippen LogP contribution in [-0.4, -0.2) is 28.8 Å². The molecule has 0 fully saturated rings. The minimum absolute atomic E-state index is 0.0948.